The van der Waals surface area contributed by atoms with Crippen LogP contribution in [0.1, 0.15) is 83.5 Å². The van der Waals surface area contributed by atoms with E-state index in [1.165, 1.54) is 39.8 Å². The van der Waals surface area contributed by atoms with Crippen molar-refractivity contribution in [3.05, 3.63) is 71.2 Å². The normalized spacial score (nSPS) is 33.1. The number of aliphatic hydroxyl groups excluding tert-OH is 1. The lowest BCUT2D eigenvalue weighted by Crippen LogP contribution is -2.62. The van der Waals surface area contributed by atoms with Crippen molar-refractivity contribution in [1.29, 1.82) is 0 Å². The predicted octanol–water partition coefficient (Wildman–Crippen LogP) is 7.42. The zero-order valence-electron chi connectivity index (χ0n) is 27.9. The molecule has 7 atom stereocenters. The van der Waals surface area contributed by atoms with Gasteiger partial charge in [-0.3, -0.25) is 4.79 Å². The fourth-order valence-electron chi connectivity index (χ4n) is 10.0. The third kappa shape index (κ3) is 4.74. The number of hydrogen-bond donors (Lipinski definition) is 2. The first-order valence-corrected chi connectivity index (χ1v) is 18.8. The van der Waals surface area contributed by atoms with Gasteiger partial charge in [0.05, 0.1) is 29.4 Å². The van der Waals surface area contributed by atoms with E-state index in [9.17, 15) is 15.0 Å². The Labute approximate surface area is 284 Å². The molecule has 0 spiro atoms. The van der Waals surface area contributed by atoms with Crippen LogP contribution in [-0.2, 0) is 16.6 Å². The molecule has 1 aromatic carbocycles. The van der Waals surface area contributed by atoms with Gasteiger partial charge < -0.3 is 10.2 Å². The fraction of sp³-hybridized carbons (Fsp3) is 0.526. The van der Waals surface area contributed by atoms with Gasteiger partial charge in [0.25, 0.3) is 0 Å². The van der Waals surface area contributed by atoms with E-state index in [4.69, 9.17) is 5.10 Å². The minimum Gasteiger partial charge on any atom is -0.393 e. The van der Waals surface area contributed by atoms with Crippen LogP contribution in [0.4, 0.5) is 0 Å². The second-order valence-electron chi connectivity index (χ2n) is 16.0. The molecule has 7 unspecified atom stereocenters. The Kier molecular flexibility index (Phi) is 7.24. The number of carbonyl (C=O) groups excluding carboxylic acids is 1. The monoisotopic (exact) mass is 668 g/mol. The number of nitrogens with zero attached hydrogens (tertiary/aromatic N) is 4. The molecule has 0 saturated heterocycles. The maximum absolute atomic E-state index is 13.9. The first-order valence-electron chi connectivity index (χ1n) is 17.0. The van der Waals surface area contributed by atoms with Gasteiger partial charge in [-0.2, -0.15) is 5.10 Å². The first kappa shape index (κ1) is 31.4. The number of rotatable bonds is 5. The Bertz CT molecular complexity index is 1870. The van der Waals surface area contributed by atoms with Crippen LogP contribution in [0.3, 0.4) is 0 Å². The number of thiazole rings is 1. The number of carbonyl (C=O) groups is 1. The molecular weight excluding hydrogens is 625 g/mol. The van der Waals surface area contributed by atoms with Gasteiger partial charge in [0.1, 0.15) is 15.9 Å². The van der Waals surface area contributed by atoms with Gasteiger partial charge in [-0.15, -0.1) is 0 Å². The third-order valence-electron chi connectivity index (χ3n) is 12.5. The Morgan fingerprint density at radius 2 is 1.94 bits per heavy atom. The van der Waals surface area contributed by atoms with Crippen LogP contribution >= 0.6 is 23.1 Å². The number of Topliss-reactive ketones (excluding diaryl/α,β-unsaturated/α-hetero) is 1. The Balaban J connectivity index is 1.03. The van der Waals surface area contributed by atoms with Crippen molar-refractivity contribution in [2.24, 2.45) is 28.6 Å². The summed E-state index contributed by atoms with van der Waals surface area (Å²) in [4.78, 5) is 23.7. The molecule has 7 nitrogen and oxygen atoms in total. The second kappa shape index (κ2) is 10.8. The highest BCUT2D eigenvalue weighted by Crippen LogP contribution is 2.67. The van der Waals surface area contributed by atoms with Crippen LogP contribution in [-0.4, -0.2) is 53.2 Å². The van der Waals surface area contributed by atoms with Crippen LogP contribution in [0.5, 0.6) is 0 Å². The highest BCUT2D eigenvalue weighted by atomic mass is 32.2. The summed E-state index contributed by atoms with van der Waals surface area (Å²) in [5, 5.41) is 29.1. The van der Waals surface area contributed by atoms with Crippen molar-refractivity contribution < 1.29 is 15.0 Å². The predicted molar refractivity (Wildman–Crippen MR) is 188 cm³/mol. The number of aliphatic hydroxyl groups is 2. The van der Waals surface area contributed by atoms with Crippen molar-refractivity contribution in [2.75, 3.05) is 5.75 Å². The molecule has 2 N–H and O–H groups in total. The lowest BCUT2D eigenvalue weighted by atomic mass is 9.45. The molecule has 8 rings (SSSR count). The molecule has 3 heterocycles. The van der Waals surface area contributed by atoms with E-state index in [1.807, 2.05) is 18.3 Å². The summed E-state index contributed by atoms with van der Waals surface area (Å²) in [6, 6.07) is 12.5. The van der Waals surface area contributed by atoms with E-state index < -0.39 is 17.1 Å². The van der Waals surface area contributed by atoms with Crippen LogP contribution in [0, 0.1) is 28.6 Å². The molecule has 47 heavy (non-hydrogen) atoms. The quantitative estimate of drug-likeness (QED) is 0.214. The van der Waals surface area contributed by atoms with Crippen LogP contribution in [0.2, 0.25) is 0 Å². The fourth-order valence-corrected chi connectivity index (χ4v) is 12.0. The zero-order chi connectivity index (χ0) is 32.9. The first-order chi connectivity index (χ1) is 22.3. The molecule has 246 valence electrons. The van der Waals surface area contributed by atoms with E-state index in [0.717, 1.165) is 51.8 Å². The van der Waals surface area contributed by atoms with Gasteiger partial charge in [-0.05, 0) is 109 Å². The molecule has 0 amide bonds. The Morgan fingerprint density at radius 1 is 1.15 bits per heavy atom. The molecule has 3 saturated carbocycles. The van der Waals surface area contributed by atoms with Crippen molar-refractivity contribution in [1.82, 2.24) is 19.7 Å². The zero-order valence-corrected chi connectivity index (χ0v) is 29.5. The van der Waals surface area contributed by atoms with Gasteiger partial charge in [0.15, 0.2) is 10.1 Å². The summed E-state index contributed by atoms with van der Waals surface area (Å²) in [7, 11) is 0. The van der Waals surface area contributed by atoms with E-state index >= 15 is 0 Å². The number of thioether (sulfide) groups is 1. The van der Waals surface area contributed by atoms with Gasteiger partial charge in [-0.1, -0.05) is 75.4 Å². The van der Waals surface area contributed by atoms with E-state index in [-0.39, 0.29) is 40.1 Å². The number of benzene rings is 1. The maximum Gasteiger partial charge on any atom is 0.175 e. The molecule has 0 aliphatic heterocycles. The lowest BCUT2D eigenvalue weighted by molar-refractivity contribution is -0.177. The van der Waals surface area contributed by atoms with Crippen molar-refractivity contribution >= 4 is 45.3 Å². The average Bonchev–Trinajstić information content (AvgIpc) is 3.71. The second-order valence-corrected chi connectivity index (χ2v) is 18.2. The summed E-state index contributed by atoms with van der Waals surface area (Å²) in [6.07, 6.45) is 9.98. The van der Waals surface area contributed by atoms with E-state index in [2.05, 4.69) is 79.6 Å². The summed E-state index contributed by atoms with van der Waals surface area (Å²) >= 11 is 2.87. The Hall–Kier alpha value is -2.85. The lowest BCUT2D eigenvalue weighted by Gasteiger charge is -2.60. The molecule has 3 fully saturated rings. The molecule has 4 aliphatic rings. The van der Waals surface area contributed by atoms with Crippen molar-refractivity contribution in [3.63, 3.8) is 0 Å². The average molecular weight is 669 g/mol. The highest BCUT2D eigenvalue weighted by molar-refractivity contribution is 8.01. The van der Waals surface area contributed by atoms with Crippen LogP contribution < -0.4 is 0 Å². The SMILES string of the molecule is CC(C)(C)c1ccc(-n2ncc3c2C=C2CCC4C(C(O)CC5(C)C4CCC5(O)C(=O)CSc4nc5cccnc5s4)C2(C)C3)cc1. The highest BCUT2D eigenvalue weighted by Gasteiger charge is 2.68. The van der Waals surface area contributed by atoms with Gasteiger partial charge in [0, 0.05) is 11.6 Å². The minimum atomic E-state index is -1.45. The van der Waals surface area contributed by atoms with Gasteiger partial charge >= 0.3 is 0 Å². The summed E-state index contributed by atoms with van der Waals surface area (Å²) in [6.45, 7) is 11.1. The van der Waals surface area contributed by atoms with Gasteiger partial charge in [-0.25, -0.2) is 14.6 Å². The molecule has 0 radical (unpaired) electrons. The van der Waals surface area contributed by atoms with E-state index in [1.54, 1.807) is 6.20 Å². The van der Waals surface area contributed by atoms with E-state index in [0.29, 0.717) is 12.8 Å². The summed E-state index contributed by atoms with van der Waals surface area (Å²) in [5.41, 5.74) is 4.75. The maximum atomic E-state index is 13.9. The minimum absolute atomic E-state index is 0.0743. The van der Waals surface area contributed by atoms with Crippen LogP contribution in [0.15, 0.2) is 58.7 Å². The Morgan fingerprint density at radius 3 is 2.68 bits per heavy atom. The number of aromatic nitrogens is 4. The molecular formula is C38H44N4O3S2. The standard InChI is InChI=1S/C38H44N4O3S2/c1-35(2,3)23-8-11-25(12-9-23)42-29-17-24-10-13-26-27-14-15-38(45,31(44)21-46-34-41-28-7-6-16-39-33(28)47-34)37(27,5)19-30(43)32(26)36(24,4)18-22(29)20-40-42/h6-9,11-12,16-17,20,26-27,30,32,43,45H,10,13-15,18-19,21H2,1-5H3. The number of hydrogen-bond acceptors (Lipinski definition) is 8. The summed E-state index contributed by atoms with van der Waals surface area (Å²) < 4.78 is 2.86. The summed E-state index contributed by atoms with van der Waals surface area (Å²) in [5.74, 6) is 0.532. The number of pyridine rings is 1. The van der Waals surface area contributed by atoms with Crippen molar-refractivity contribution in [2.45, 2.75) is 94.6 Å². The molecule has 0 bridgehead atoms. The molecule has 4 aliphatic carbocycles. The largest absolute Gasteiger partial charge is 0.393 e. The topological polar surface area (TPSA) is 101 Å². The molecule has 9 heteroatoms. The number of allylic oxidation sites excluding steroid dienone is 1. The van der Waals surface area contributed by atoms with Crippen molar-refractivity contribution in [3.8, 4) is 5.69 Å². The number of ketones is 1. The van der Waals surface area contributed by atoms with Crippen LogP contribution in [0.25, 0.3) is 22.1 Å². The van der Waals surface area contributed by atoms with Gasteiger partial charge in [0.2, 0.25) is 0 Å². The third-order valence-corrected chi connectivity index (χ3v) is 14.6. The smallest absolute Gasteiger partial charge is 0.175 e. The number of fused-ring (bicyclic) bond motifs is 7. The molecule has 4 aromatic rings. The molecule has 3 aromatic heterocycles.